The van der Waals surface area contributed by atoms with Crippen LogP contribution in [0, 0.1) is 0 Å². The van der Waals surface area contributed by atoms with Gasteiger partial charge in [-0.15, -0.1) is 0 Å². The third-order valence-corrected chi connectivity index (χ3v) is 3.09. The molecule has 5 heteroatoms. The van der Waals surface area contributed by atoms with Crippen LogP contribution in [0.3, 0.4) is 0 Å². The third kappa shape index (κ3) is 2.91. The molecule has 1 aromatic carbocycles. The monoisotopic (exact) mass is 280 g/mol. The van der Waals surface area contributed by atoms with E-state index >= 15 is 0 Å². The van der Waals surface area contributed by atoms with Gasteiger partial charge in [0.1, 0.15) is 5.75 Å². The highest BCUT2D eigenvalue weighted by molar-refractivity contribution is 6.33. The zero-order valence-electron chi connectivity index (χ0n) is 11.3. The van der Waals surface area contributed by atoms with E-state index in [0.717, 1.165) is 28.8 Å². The summed E-state index contributed by atoms with van der Waals surface area (Å²) in [5.74, 6) is 0.624. The fourth-order valence-corrected chi connectivity index (χ4v) is 2.24. The van der Waals surface area contributed by atoms with Gasteiger partial charge in [0, 0.05) is 30.8 Å². The molecule has 1 heterocycles. The van der Waals surface area contributed by atoms with E-state index in [-0.39, 0.29) is 0 Å². The molecule has 0 amide bonds. The topological polar surface area (TPSA) is 43.4 Å². The fraction of sp³-hybridized carbons (Fsp3) is 0.357. The van der Waals surface area contributed by atoms with Gasteiger partial charge < -0.3 is 14.8 Å². The Morgan fingerprint density at radius 3 is 2.68 bits per heavy atom. The Bertz CT molecular complexity index is 587. The first-order valence-corrected chi connectivity index (χ1v) is 6.47. The number of halogens is 1. The van der Waals surface area contributed by atoms with E-state index in [9.17, 15) is 0 Å². The first-order valence-electron chi connectivity index (χ1n) is 6.09. The number of nitrogens with one attached hydrogen (secondary N) is 1. The maximum atomic E-state index is 6.17. The lowest BCUT2D eigenvalue weighted by atomic mass is 10.1. The van der Waals surface area contributed by atoms with Gasteiger partial charge in [0.15, 0.2) is 0 Å². The minimum Gasteiger partial charge on any atom is -0.495 e. The molecule has 4 nitrogen and oxygen atoms in total. The first-order chi connectivity index (χ1) is 9.19. The lowest BCUT2D eigenvalue weighted by Crippen LogP contribution is -2.01. The van der Waals surface area contributed by atoms with Crippen molar-refractivity contribution in [3.63, 3.8) is 0 Å². The minimum atomic E-state index is 0.472. The molecule has 0 atom stereocenters. The Labute approximate surface area is 117 Å². The average molecular weight is 281 g/mol. The second-order valence-electron chi connectivity index (χ2n) is 4.13. The molecule has 102 valence electrons. The SMILES string of the molecule is CCNc1cc(COC)nc2cc(OC)c(Cl)cc12. The van der Waals surface area contributed by atoms with Gasteiger partial charge in [-0.3, -0.25) is 4.98 Å². The molecule has 0 spiro atoms. The van der Waals surface area contributed by atoms with E-state index in [0.29, 0.717) is 17.4 Å². The molecule has 0 aliphatic heterocycles. The minimum absolute atomic E-state index is 0.472. The van der Waals surface area contributed by atoms with Gasteiger partial charge in [-0.05, 0) is 19.1 Å². The molecule has 0 saturated heterocycles. The van der Waals surface area contributed by atoms with E-state index in [1.165, 1.54) is 0 Å². The molecule has 1 aromatic heterocycles. The summed E-state index contributed by atoms with van der Waals surface area (Å²) in [4.78, 5) is 4.55. The Balaban J connectivity index is 2.64. The summed E-state index contributed by atoms with van der Waals surface area (Å²) in [7, 11) is 3.25. The van der Waals surface area contributed by atoms with Crippen LogP contribution in [-0.2, 0) is 11.3 Å². The van der Waals surface area contributed by atoms with Crippen molar-refractivity contribution in [2.45, 2.75) is 13.5 Å². The Hall–Kier alpha value is -1.52. The summed E-state index contributed by atoms with van der Waals surface area (Å²) in [6, 6.07) is 5.70. The number of methoxy groups -OCH3 is 2. The molecule has 1 N–H and O–H groups in total. The second kappa shape index (κ2) is 6.08. The number of fused-ring (bicyclic) bond motifs is 1. The van der Waals surface area contributed by atoms with Gasteiger partial charge in [-0.2, -0.15) is 0 Å². The number of anilines is 1. The highest BCUT2D eigenvalue weighted by atomic mass is 35.5. The van der Waals surface area contributed by atoms with Crippen molar-refractivity contribution in [1.82, 2.24) is 4.98 Å². The summed E-state index contributed by atoms with van der Waals surface area (Å²) in [6.45, 7) is 3.35. The predicted molar refractivity (Wildman–Crippen MR) is 78.2 cm³/mol. The van der Waals surface area contributed by atoms with Gasteiger partial charge in [0.2, 0.25) is 0 Å². The second-order valence-corrected chi connectivity index (χ2v) is 4.54. The molecule has 0 aliphatic carbocycles. The van der Waals surface area contributed by atoms with Crippen LogP contribution >= 0.6 is 11.6 Å². The Morgan fingerprint density at radius 2 is 2.05 bits per heavy atom. The van der Waals surface area contributed by atoms with Crippen LogP contribution in [0.4, 0.5) is 5.69 Å². The summed E-state index contributed by atoms with van der Waals surface area (Å²) >= 11 is 6.17. The van der Waals surface area contributed by atoms with Crippen LogP contribution in [0.2, 0.25) is 5.02 Å². The van der Waals surface area contributed by atoms with Crippen LogP contribution in [0.15, 0.2) is 18.2 Å². The van der Waals surface area contributed by atoms with Crippen LogP contribution in [-0.4, -0.2) is 25.7 Å². The van der Waals surface area contributed by atoms with Crippen molar-refractivity contribution in [1.29, 1.82) is 0 Å². The van der Waals surface area contributed by atoms with E-state index < -0.39 is 0 Å². The number of benzene rings is 1. The number of hydrogen-bond donors (Lipinski definition) is 1. The number of aromatic nitrogens is 1. The average Bonchev–Trinajstić information content (AvgIpc) is 2.39. The predicted octanol–water partition coefficient (Wildman–Crippen LogP) is 3.48. The molecule has 0 aliphatic rings. The number of ether oxygens (including phenoxy) is 2. The van der Waals surface area contributed by atoms with Crippen molar-refractivity contribution in [3.05, 3.63) is 28.9 Å². The lowest BCUT2D eigenvalue weighted by molar-refractivity contribution is 0.182. The normalized spacial score (nSPS) is 10.7. The molecular formula is C14H17ClN2O2. The standard InChI is InChI=1S/C14H17ClN2O2/c1-4-16-12-5-9(8-18-2)17-13-7-14(19-3)11(15)6-10(12)13/h5-7H,4,8H2,1-3H3,(H,16,17). The number of pyridine rings is 1. The van der Waals surface area contributed by atoms with E-state index in [1.54, 1.807) is 14.2 Å². The van der Waals surface area contributed by atoms with Crippen LogP contribution < -0.4 is 10.1 Å². The van der Waals surface area contributed by atoms with Gasteiger partial charge in [0.25, 0.3) is 0 Å². The molecule has 2 rings (SSSR count). The lowest BCUT2D eigenvalue weighted by Gasteiger charge is -2.12. The maximum Gasteiger partial charge on any atom is 0.139 e. The highest BCUT2D eigenvalue weighted by Gasteiger charge is 2.10. The van der Waals surface area contributed by atoms with Crippen molar-refractivity contribution in [3.8, 4) is 5.75 Å². The van der Waals surface area contributed by atoms with Gasteiger partial charge in [0.05, 0.1) is 29.9 Å². The molecule has 0 bridgehead atoms. The van der Waals surface area contributed by atoms with Crippen molar-refractivity contribution in [2.24, 2.45) is 0 Å². The van der Waals surface area contributed by atoms with Gasteiger partial charge in [-0.1, -0.05) is 11.6 Å². The van der Waals surface area contributed by atoms with E-state index in [4.69, 9.17) is 21.1 Å². The first kappa shape index (κ1) is 13.9. The molecule has 0 saturated carbocycles. The highest BCUT2D eigenvalue weighted by Crippen LogP contribution is 2.33. The number of nitrogens with zero attached hydrogens (tertiary/aromatic N) is 1. The van der Waals surface area contributed by atoms with Gasteiger partial charge >= 0.3 is 0 Å². The summed E-state index contributed by atoms with van der Waals surface area (Å²) in [5.41, 5.74) is 2.71. The fourth-order valence-electron chi connectivity index (χ4n) is 2.00. The molecule has 2 aromatic rings. The maximum absolute atomic E-state index is 6.17. The molecule has 19 heavy (non-hydrogen) atoms. The smallest absolute Gasteiger partial charge is 0.139 e. The van der Waals surface area contributed by atoms with E-state index in [2.05, 4.69) is 10.3 Å². The van der Waals surface area contributed by atoms with Crippen molar-refractivity contribution in [2.75, 3.05) is 26.1 Å². The molecule has 0 fully saturated rings. The van der Waals surface area contributed by atoms with Crippen molar-refractivity contribution < 1.29 is 9.47 Å². The third-order valence-electron chi connectivity index (χ3n) is 2.79. The Kier molecular flexibility index (Phi) is 4.45. The van der Waals surface area contributed by atoms with Crippen LogP contribution in [0.1, 0.15) is 12.6 Å². The Morgan fingerprint density at radius 1 is 1.26 bits per heavy atom. The molecule has 0 radical (unpaired) electrons. The zero-order valence-corrected chi connectivity index (χ0v) is 12.0. The number of hydrogen-bond acceptors (Lipinski definition) is 4. The number of rotatable bonds is 5. The summed E-state index contributed by atoms with van der Waals surface area (Å²) in [6.07, 6.45) is 0. The summed E-state index contributed by atoms with van der Waals surface area (Å²) in [5, 5.41) is 4.88. The largest absolute Gasteiger partial charge is 0.495 e. The van der Waals surface area contributed by atoms with E-state index in [1.807, 2.05) is 25.1 Å². The van der Waals surface area contributed by atoms with Crippen LogP contribution in [0.25, 0.3) is 10.9 Å². The van der Waals surface area contributed by atoms with Crippen molar-refractivity contribution >= 4 is 28.2 Å². The quantitative estimate of drug-likeness (QED) is 0.911. The summed E-state index contributed by atoms with van der Waals surface area (Å²) < 4.78 is 10.4. The molecular weight excluding hydrogens is 264 g/mol. The van der Waals surface area contributed by atoms with Gasteiger partial charge in [-0.25, -0.2) is 0 Å². The molecule has 0 unspecified atom stereocenters. The van der Waals surface area contributed by atoms with Crippen LogP contribution in [0.5, 0.6) is 5.75 Å². The zero-order chi connectivity index (χ0) is 13.8.